The molecule has 0 saturated carbocycles. The first-order chi connectivity index (χ1) is 22.0. The maximum absolute atomic E-state index is 6.86. The normalized spacial score (nSPS) is 13.2. The van der Waals surface area contributed by atoms with Crippen molar-refractivity contribution in [3.05, 3.63) is 156 Å². The Morgan fingerprint density at radius 3 is 2.04 bits per heavy atom. The molecule has 1 nitrogen and oxygen atoms in total. The summed E-state index contributed by atoms with van der Waals surface area (Å²) in [5, 5.41) is 13.1. The smallest absolute Gasteiger partial charge is 0.0557 e. The summed E-state index contributed by atoms with van der Waals surface area (Å²) in [6, 6.07) is 48.8. The van der Waals surface area contributed by atoms with Gasteiger partial charge >= 0.3 is 0 Å². The van der Waals surface area contributed by atoms with Crippen LogP contribution in [-0.4, -0.2) is 0 Å². The monoisotopic (exact) mass is 579 g/mol. The average Bonchev–Trinajstić information content (AvgIpc) is 3.10. The van der Waals surface area contributed by atoms with Crippen molar-refractivity contribution in [1.29, 1.82) is 0 Å². The fourth-order valence-electron chi connectivity index (χ4n) is 7.60. The molecule has 0 aliphatic rings. The van der Waals surface area contributed by atoms with Crippen molar-refractivity contribution in [3.8, 4) is 11.1 Å². The van der Waals surface area contributed by atoms with Crippen LogP contribution in [0.5, 0.6) is 0 Å². The third-order valence-corrected chi connectivity index (χ3v) is 10.1. The Bertz CT molecular complexity index is 2400. The van der Waals surface area contributed by atoms with E-state index < -0.39 is 0 Å². The second kappa shape index (κ2) is 10.9. The third kappa shape index (κ3) is 4.34. The molecule has 8 aromatic carbocycles. The SMILES string of the molecule is CCC(C)c1cccc2c3ccc4ccc(-c5ccc(C(N)c6ccccc6)c6ccccc56)cc4c3c3cccc(C)c3c12. The van der Waals surface area contributed by atoms with Crippen molar-refractivity contribution in [3.63, 3.8) is 0 Å². The zero-order valence-corrected chi connectivity index (χ0v) is 26.1. The summed E-state index contributed by atoms with van der Waals surface area (Å²) in [6.07, 6.45) is 1.12. The second-order valence-electron chi connectivity index (χ2n) is 12.6. The molecule has 0 fully saturated rings. The van der Waals surface area contributed by atoms with Gasteiger partial charge in [0.2, 0.25) is 0 Å². The van der Waals surface area contributed by atoms with Crippen LogP contribution >= 0.6 is 0 Å². The minimum Gasteiger partial charge on any atom is -0.320 e. The van der Waals surface area contributed by atoms with E-state index in [9.17, 15) is 0 Å². The predicted octanol–water partition coefficient (Wildman–Crippen LogP) is 12.0. The van der Waals surface area contributed by atoms with Gasteiger partial charge in [0, 0.05) is 0 Å². The van der Waals surface area contributed by atoms with Crippen LogP contribution in [0.25, 0.3) is 65.0 Å². The number of hydrogen-bond acceptors (Lipinski definition) is 1. The molecule has 0 spiro atoms. The van der Waals surface area contributed by atoms with Crippen LogP contribution in [0.2, 0.25) is 0 Å². The van der Waals surface area contributed by atoms with Crippen molar-refractivity contribution < 1.29 is 0 Å². The Balaban J connectivity index is 1.42. The molecule has 0 radical (unpaired) electrons. The zero-order chi connectivity index (χ0) is 30.7. The van der Waals surface area contributed by atoms with Gasteiger partial charge in [0.1, 0.15) is 0 Å². The highest BCUT2D eigenvalue weighted by molar-refractivity contribution is 6.32. The van der Waals surface area contributed by atoms with Crippen LogP contribution in [0.4, 0.5) is 0 Å². The van der Waals surface area contributed by atoms with E-state index in [2.05, 4.69) is 148 Å². The van der Waals surface area contributed by atoms with Crippen LogP contribution < -0.4 is 5.73 Å². The molecular formula is C44H37N. The van der Waals surface area contributed by atoms with E-state index in [-0.39, 0.29) is 6.04 Å². The topological polar surface area (TPSA) is 26.0 Å². The molecule has 0 saturated heterocycles. The van der Waals surface area contributed by atoms with Crippen molar-refractivity contribution in [1.82, 2.24) is 0 Å². The predicted molar refractivity (Wildman–Crippen MR) is 195 cm³/mol. The van der Waals surface area contributed by atoms with Gasteiger partial charge in [0.05, 0.1) is 6.04 Å². The molecule has 2 unspecified atom stereocenters. The van der Waals surface area contributed by atoms with Gasteiger partial charge in [-0.1, -0.05) is 141 Å². The van der Waals surface area contributed by atoms with Gasteiger partial charge in [-0.3, -0.25) is 0 Å². The minimum absolute atomic E-state index is 0.186. The molecule has 1 heteroatoms. The first-order valence-corrected chi connectivity index (χ1v) is 16.2. The highest BCUT2D eigenvalue weighted by Gasteiger charge is 2.19. The van der Waals surface area contributed by atoms with E-state index in [1.165, 1.54) is 76.1 Å². The maximum atomic E-state index is 6.86. The first-order valence-electron chi connectivity index (χ1n) is 16.2. The van der Waals surface area contributed by atoms with Gasteiger partial charge in [-0.05, 0) is 113 Å². The lowest BCUT2D eigenvalue weighted by Crippen LogP contribution is -2.12. The van der Waals surface area contributed by atoms with Crippen molar-refractivity contribution in [2.24, 2.45) is 5.73 Å². The Kier molecular flexibility index (Phi) is 6.66. The summed E-state index contributed by atoms with van der Waals surface area (Å²) in [6.45, 7) is 6.92. The summed E-state index contributed by atoms with van der Waals surface area (Å²) in [7, 11) is 0. The Morgan fingerprint density at radius 2 is 1.22 bits per heavy atom. The van der Waals surface area contributed by atoms with Crippen LogP contribution in [0.1, 0.15) is 54.5 Å². The van der Waals surface area contributed by atoms with E-state index in [0.717, 1.165) is 17.5 Å². The van der Waals surface area contributed by atoms with E-state index >= 15 is 0 Å². The fourth-order valence-corrected chi connectivity index (χ4v) is 7.60. The molecule has 2 N–H and O–H groups in total. The van der Waals surface area contributed by atoms with Gasteiger partial charge in [-0.25, -0.2) is 0 Å². The lowest BCUT2D eigenvalue weighted by Gasteiger charge is -2.20. The van der Waals surface area contributed by atoms with E-state index in [4.69, 9.17) is 5.73 Å². The van der Waals surface area contributed by atoms with Gasteiger partial charge in [0.15, 0.2) is 0 Å². The highest BCUT2D eigenvalue weighted by atomic mass is 14.6. The Hall–Kier alpha value is -4.98. The molecule has 0 bridgehead atoms. The van der Waals surface area contributed by atoms with Crippen LogP contribution in [0, 0.1) is 6.92 Å². The molecule has 2 atom stereocenters. The first kappa shape index (κ1) is 27.6. The zero-order valence-electron chi connectivity index (χ0n) is 26.1. The van der Waals surface area contributed by atoms with Gasteiger partial charge in [-0.2, -0.15) is 0 Å². The van der Waals surface area contributed by atoms with Crippen molar-refractivity contribution in [2.75, 3.05) is 0 Å². The fraction of sp³-hybridized carbons (Fsp3) is 0.136. The second-order valence-corrected chi connectivity index (χ2v) is 12.6. The Labute approximate surface area is 264 Å². The van der Waals surface area contributed by atoms with E-state index in [1.54, 1.807) is 0 Å². The quantitative estimate of drug-likeness (QED) is 0.202. The molecule has 8 rings (SSSR count). The molecule has 45 heavy (non-hydrogen) atoms. The van der Waals surface area contributed by atoms with E-state index in [0.29, 0.717) is 5.92 Å². The van der Waals surface area contributed by atoms with Crippen LogP contribution in [-0.2, 0) is 0 Å². The lowest BCUT2D eigenvalue weighted by molar-refractivity contribution is 0.740. The van der Waals surface area contributed by atoms with Gasteiger partial charge in [0.25, 0.3) is 0 Å². The number of rotatable bonds is 5. The molecule has 0 heterocycles. The summed E-state index contributed by atoms with van der Waals surface area (Å²) in [5.41, 5.74) is 14.4. The average molecular weight is 580 g/mol. The van der Waals surface area contributed by atoms with Gasteiger partial charge in [-0.15, -0.1) is 0 Å². The maximum Gasteiger partial charge on any atom is 0.0557 e. The standard InChI is InChI=1S/C44H37N/c1-4-27(2)32-17-11-18-36-37-23-22-29-20-21-31(26-40(29)42(37)39-19-10-12-28(3)41(39)43(32)36)33-24-25-38(35-16-9-8-15-34(33)35)44(45)30-13-6-5-7-14-30/h5-27,44H,4,45H2,1-3H3. The molecule has 0 aromatic heterocycles. The molecule has 8 aromatic rings. The molecule has 0 aliphatic carbocycles. The number of hydrogen-bond donors (Lipinski definition) is 1. The van der Waals surface area contributed by atoms with Crippen molar-refractivity contribution >= 4 is 53.9 Å². The summed E-state index contributed by atoms with van der Waals surface area (Å²) in [5.74, 6) is 0.493. The molecule has 0 amide bonds. The van der Waals surface area contributed by atoms with Crippen LogP contribution in [0.3, 0.4) is 0 Å². The number of benzene rings is 8. The minimum atomic E-state index is -0.186. The van der Waals surface area contributed by atoms with Crippen LogP contribution in [0.15, 0.2) is 133 Å². The summed E-state index contributed by atoms with van der Waals surface area (Å²) < 4.78 is 0. The molecule has 0 aliphatic heterocycles. The molecule has 218 valence electrons. The Morgan fingerprint density at radius 1 is 0.533 bits per heavy atom. The number of aryl methyl sites for hydroxylation is 1. The molecular weight excluding hydrogens is 542 g/mol. The largest absolute Gasteiger partial charge is 0.320 e. The van der Waals surface area contributed by atoms with E-state index in [1.807, 2.05) is 6.07 Å². The highest BCUT2D eigenvalue weighted by Crippen LogP contribution is 2.44. The third-order valence-electron chi connectivity index (χ3n) is 10.1. The number of nitrogens with two attached hydrogens (primary N) is 1. The summed E-state index contributed by atoms with van der Waals surface area (Å²) >= 11 is 0. The lowest BCUT2D eigenvalue weighted by atomic mass is 9.84. The summed E-state index contributed by atoms with van der Waals surface area (Å²) in [4.78, 5) is 0. The number of fused-ring (bicyclic) bond motifs is 9. The van der Waals surface area contributed by atoms with Crippen molar-refractivity contribution in [2.45, 2.75) is 39.2 Å². The van der Waals surface area contributed by atoms with Gasteiger partial charge < -0.3 is 5.73 Å².